The van der Waals surface area contributed by atoms with Crippen molar-refractivity contribution in [3.05, 3.63) is 0 Å². The molecule has 0 rings (SSSR count). The summed E-state index contributed by atoms with van der Waals surface area (Å²) in [6.07, 6.45) is 6.26. The van der Waals surface area contributed by atoms with Gasteiger partial charge in [-0.25, -0.2) is 0 Å². The average molecular weight is 619 g/mol. The first kappa shape index (κ1) is 40.5. The fourth-order valence-electron chi connectivity index (χ4n) is 6.96. The van der Waals surface area contributed by atoms with Gasteiger partial charge < -0.3 is 24.3 Å². The van der Waals surface area contributed by atoms with Crippen LogP contribution in [0.25, 0.3) is 0 Å². The summed E-state index contributed by atoms with van der Waals surface area (Å²) >= 11 is 0. The molecule has 0 radical (unpaired) electrons. The van der Waals surface area contributed by atoms with E-state index in [0.717, 1.165) is 57.7 Å². The molecule has 0 aliphatic rings. The Labute approximate surface area is 255 Å². The minimum atomic E-state index is -2.47. The first-order chi connectivity index (χ1) is 18.1. The fraction of sp³-hybridized carbons (Fsp3) is 1.00. The first-order valence-electron chi connectivity index (χ1n) is 16.5. The molecule has 5 atom stereocenters. The SMILES string of the molecule is CCC(C)(O[Si](C)(C)C(C)(C)CC)C(C)(CC)[Si](C)(CCCNCCN)OC(C)(CC)[C@](C)(CC)[Si](C)(C)OC. The van der Waals surface area contributed by atoms with E-state index >= 15 is 0 Å². The lowest BCUT2D eigenvalue weighted by atomic mass is 9.85. The molecule has 0 aromatic carbocycles. The van der Waals surface area contributed by atoms with Crippen LogP contribution in [0.2, 0.25) is 53.9 Å². The lowest BCUT2D eigenvalue weighted by molar-refractivity contribution is -0.0250. The zero-order valence-corrected chi connectivity index (χ0v) is 33.4. The van der Waals surface area contributed by atoms with Crippen molar-refractivity contribution in [1.29, 1.82) is 0 Å². The Morgan fingerprint density at radius 1 is 0.625 bits per heavy atom. The van der Waals surface area contributed by atoms with Gasteiger partial charge in [-0.15, -0.1) is 0 Å². The van der Waals surface area contributed by atoms with E-state index in [2.05, 4.69) is 114 Å². The van der Waals surface area contributed by atoms with E-state index in [9.17, 15) is 0 Å². The Hall–Kier alpha value is 0.451. The number of nitrogens with one attached hydrogen (secondary N) is 1. The Morgan fingerprint density at radius 2 is 1.10 bits per heavy atom. The van der Waals surface area contributed by atoms with Gasteiger partial charge in [-0.2, -0.15) is 0 Å². The summed E-state index contributed by atoms with van der Waals surface area (Å²) in [6.45, 7) is 41.0. The van der Waals surface area contributed by atoms with Crippen molar-refractivity contribution < 1.29 is 13.3 Å². The molecule has 0 amide bonds. The third-order valence-corrected chi connectivity index (χ3v) is 27.4. The van der Waals surface area contributed by atoms with Crippen LogP contribution in [0.4, 0.5) is 0 Å². The summed E-state index contributed by atoms with van der Waals surface area (Å²) in [5, 5.41) is 3.62. The van der Waals surface area contributed by atoms with E-state index in [4.69, 9.17) is 19.0 Å². The normalized spacial score (nSPS) is 21.1. The molecule has 5 nitrogen and oxygen atoms in total. The molecule has 4 unspecified atom stereocenters. The Balaban J connectivity index is 7.16. The molecule has 0 bridgehead atoms. The third kappa shape index (κ3) is 7.74. The monoisotopic (exact) mass is 619 g/mol. The summed E-state index contributed by atoms with van der Waals surface area (Å²) in [5.74, 6) is 0. The van der Waals surface area contributed by atoms with Crippen LogP contribution < -0.4 is 11.1 Å². The van der Waals surface area contributed by atoms with Crippen molar-refractivity contribution in [3.63, 3.8) is 0 Å². The zero-order valence-electron chi connectivity index (χ0n) is 30.4. The molecule has 0 aromatic rings. The molecule has 40 heavy (non-hydrogen) atoms. The van der Waals surface area contributed by atoms with Crippen LogP contribution in [0.5, 0.6) is 0 Å². The largest absolute Gasteiger partial charge is 0.420 e. The van der Waals surface area contributed by atoms with Crippen molar-refractivity contribution in [2.45, 2.75) is 180 Å². The number of hydrogen-bond acceptors (Lipinski definition) is 5. The highest BCUT2D eigenvalue weighted by Gasteiger charge is 2.64. The van der Waals surface area contributed by atoms with E-state index in [-0.39, 0.29) is 26.3 Å². The molecule has 8 heteroatoms. The van der Waals surface area contributed by atoms with E-state index in [0.29, 0.717) is 6.54 Å². The molecule has 0 aliphatic heterocycles. The third-order valence-electron chi connectivity index (χ3n) is 12.9. The van der Waals surface area contributed by atoms with Crippen molar-refractivity contribution >= 4 is 25.0 Å². The highest BCUT2D eigenvalue weighted by molar-refractivity contribution is 6.77. The minimum absolute atomic E-state index is 0.0358. The second-order valence-corrected chi connectivity index (χ2v) is 28.5. The second kappa shape index (κ2) is 15.0. The van der Waals surface area contributed by atoms with Crippen LogP contribution in [0.15, 0.2) is 0 Å². The molecule has 0 aromatic heterocycles. The van der Waals surface area contributed by atoms with E-state index in [1.165, 1.54) is 0 Å². The molecule has 0 fully saturated rings. The predicted molar refractivity (Wildman–Crippen MR) is 186 cm³/mol. The van der Waals surface area contributed by atoms with E-state index in [1.54, 1.807) is 0 Å². The van der Waals surface area contributed by atoms with Crippen molar-refractivity contribution in [2.75, 3.05) is 26.7 Å². The number of rotatable bonds is 21. The summed E-state index contributed by atoms with van der Waals surface area (Å²) in [7, 11) is -4.70. The van der Waals surface area contributed by atoms with E-state index < -0.39 is 25.0 Å². The van der Waals surface area contributed by atoms with Gasteiger partial charge in [0.2, 0.25) is 0 Å². The van der Waals surface area contributed by atoms with Crippen LogP contribution in [0, 0.1) is 0 Å². The minimum Gasteiger partial charge on any atom is -0.420 e. The van der Waals surface area contributed by atoms with Crippen LogP contribution in [0.1, 0.15) is 115 Å². The van der Waals surface area contributed by atoms with Crippen LogP contribution >= 0.6 is 0 Å². The second-order valence-electron chi connectivity index (χ2n) is 15.1. The van der Waals surface area contributed by atoms with Gasteiger partial charge in [-0.05, 0) is 96.3 Å². The van der Waals surface area contributed by atoms with Gasteiger partial charge in [0.15, 0.2) is 25.0 Å². The van der Waals surface area contributed by atoms with Crippen molar-refractivity contribution in [2.24, 2.45) is 5.73 Å². The van der Waals surface area contributed by atoms with Gasteiger partial charge in [0.25, 0.3) is 0 Å². The molecule has 0 heterocycles. The van der Waals surface area contributed by atoms with Crippen LogP contribution in [-0.4, -0.2) is 62.9 Å². The zero-order chi connectivity index (χ0) is 31.9. The average Bonchev–Trinajstić information content (AvgIpc) is 2.90. The van der Waals surface area contributed by atoms with Gasteiger partial charge in [-0.3, -0.25) is 0 Å². The summed E-state index contributed by atoms with van der Waals surface area (Å²) in [5.41, 5.74) is 5.22. The first-order valence-corrected chi connectivity index (χ1v) is 24.9. The maximum absolute atomic E-state index is 7.93. The molecule has 0 saturated carbocycles. The predicted octanol–water partition coefficient (Wildman–Crippen LogP) is 9.46. The van der Waals surface area contributed by atoms with Gasteiger partial charge in [0.1, 0.15) is 0 Å². The Bertz CT molecular complexity index is 768. The fourth-order valence-corrected chi connectivity index (χ4v) is 17.8. The number of nitrogens with two attached hydrogens (primary N) is 1. The standard InChI is InChI=1S/C32H74N2O3Si3/c1-18-28(6,7)38(13,14)36-30(9,20-3)32(11,22-5)40(17,27-23-25-34-26-24-33)37-29(8,19-2)31(10,21-4)39(15,16)35-12/h34H,18-27,33H2,1-17H3/t29?,30?,31-,32?,40?/m0/s1. The Morgan fingerprint density at radius 3 is 1.48 bits per heavy atom. The molecule has 242 valence electrons. The lowest BCUT2D eigenvalue weighted by Crippen LogP contribution is -2.66. The summed E-state index contributed by atoms with van der Waals surface area (Å²) < 4.78 is 21.8. The van der Waals surface area contributed by atoms with Gasteiger partial charge in [0, 0.05) is 30.3 Å². The smallest absolute Gasteiger partial charge is 0.199 e. The molecular formula is C32H74N2O3Si3. The molecule has 3 N–H and O–H groups in total. The topological polar surface area (TPSA) is 65.7 Å². The highest BCUT2D eigenvalue weighted by atomic mass is 28.4. The lowest BCUT2D eigenvalue weighted by Gasteiger charge is -2.62. The molecule has 0 saturated heterocycles. The summed E-state index contributed by atoms with van der Waals surface area (Å²) in [6, 6.07) is 1.09. The van der Waals surface area contributed by atoms with Crippen LogP contribution in [0.3, 0.4) is 0 Å². The van der Waals surface area contributed by atoms with Crippen LogP contribution in [-0.2, 0) is 13.3 Å². The molecule has 0 spiro atoms. The van der Waals surface area contributed by atoms with Crippen molar-refractivity contribution in [1.82, 2.24) is 5.32 Å². The highest BCUT2D eigenvalue weighted by Crippen LogP contribution is 2.62. The van der Waals surface area contributed by atoms with Gasteiger partial charge in [0.05, 0.1) is 11.2 Å². The quantitative estimate of drug-likeness (QED) is 0.0991. The summed E-state index contributed by atoms with van der Waals surface area (Å²) in [4.78, 5) is 0. The molecular weight excluding hydrogens is 545 g/mol. The number of hydrogen-bond donors (Lipinski definition) is 2. The maximum atomic E-state index is 7.93. The van der Waals surface area contributed by atoms with Gasteiger partial charge >= 0.3 is 0 Å². The van der Waals surface area contributed by atoms with E-state index in [1.807, 2.05) is 7.11 Å². The van der Waals surface area contributed by atoms with Crippen molar-refractivity contribution in [3.8, 4) is 0 Å². The van der Waals surface area contributed by atoms with Gasteiger partial charge in [-0.1, -0.05) is 68.7 Å². The molecule has 0 aliphatic carbocycles. The maximum Gasteiger partial charge on any atom is 0.199 e. The Kier molecular flexibility index (Phi) is 15.1.